The van der Waals surface area contributed by atoms with Gasteiger partial charge in [-0.2, -0.15) is 0 Å². The molecule has 3 rings (SSSR count). The predicted molar refractivity (Wildman–Crippen MR) is 100 cm³/mol. The molecule has 0 unspecified atom stereocenters. The summed E-state index contributed by atoms with van der Waals surface area (Å²) in [7, 11) is 0. The van der Waals surface area contributed by atoms with E-state index in [0.717, 1.165) is 5.56 Å². The Balaban J connectivity index is 1.64. The van der Waals surface area contributed by atoms with Crippen molar-refractivity contribution in [1.82, 2.24) is 0 Å². The number of ketones is 1. The molecule has 136 valence electrons. The molecular formula is C20H20ClNO4. The molecular weight excluding hydrogens is 354 g/mol. The van der Waals surface area contributed by atoms with Crippen LogP contribution in [0.5, 0.6) is 11.5 Å². The van der Waals surface area contributed by atoms with Crippen molar-refractivity contribution in [3.8, 4) is 11.5 Å². The van der Waals surface area contributed by atoms with Crippen LogP contribution < -0.4 is 14.8 Å². The predicted octanol–water partition coefficient (Wildman–Crippen LogP) is 4.41. The summed E-state index contributed by atoms with van der Waals surface area (Å²) in [6.45, 7) is 5.47. The van der Waals surface area contributed by atoms with Crippen molar-refractivity contribution in [2.75, 3.05) is 11.9 Å². The maximum atomic E-state index is 12.3. The van der Waals surface area contributed by atoms with Crippen molar-refractivity contribution < 1.29 is 19.1 Å². The second-order valence-electron chi connectivity index (χ2n) is 6.92. The van der Waals surface area contributed by atoms with Gasteiger partial charge in [-0.05, 0) is 62.7 Å². The zero-order valence-electron chi connectivity index (χ0n) is 14.9. The van der Waals surface area contributed by atoms with Crippen LogP contribution in [0.15, 0.2) is 36.4 Å². The van der Waals surface area contributed by atoms with Crippen LogP contribution in [-0.4, -0.2) is 23.9 Å². The van der Waals surface area contributed by atoms with Crippen LogP contribution in [0.1, 0.15) is 36.2 Å². The van der Waals surface area contributed by atoms with E-state index in [1.807, 2.05) is 20.8 Å². The number of halogens is 1. The fourth-order valence-electron chi connectivity index (χ4n) is 2.78. The molecule has 0 radical (unpaired) electrons. The highest BCUT2D eigenvalue weighted by molar-refractivity contribution is 6.31. The van der Waals surface area contributed by atoms with Gasteiger partial charge in [0.1, 0.15) is 17.1 Å². The van der Waals surface area contributed by atoms with Crippen molar-refractivity contribution in [3.05, 3.63) is 52.5 Å². The Kier molecular flexibility index (Phi) is 4.92. The van der Waals surface area contributed by atoms with E-state index >= 15 is 0 Å². The Bertz CT molecular complexity index is 876. The van der Waals surface area contributed by atoms with Crippen molar-refractivity contribution in [2.45, 2.75) is 32.8 Å². The summed E-state index contributed by atoms with van der Waals surface area (Å²) in [6.07, 6.45) is 0.302. The van der Waals surface area contributed by atoms with Crippen LogP contribution >= 0.6 is 11.6 Å². The summed E-state index contributed by atoms with van der Waals surface area (Å²) in [4.78, 5) is 24.4. The maximum absolute atomic E-state index is 12.3. The Morgan fingerprint density at radius 1 is 1.27 bits per heavy atom. The van der Waals surface area contributed by atoms with Crippen LogP contribution in [0.3, 0.4) is 0 Å². The van der Waals surface area contributed by atoms with E-state index < -0.39 is 5.60 Å². The number of rotatable bonds is 4. The molecule has 0 aliphatic carbocycles. The molecule has 0 fully saturated rings. The molecule has 0 aromatic heterocycles. The van der Waals surface area contributed by atoms with Gasteiger partial charge in [-0.3, -0.25) is 9.59 Å². The van der Waals surface area contributed by atoms with E-state index in [1.54, 1.807) is 36.4 Å². The van der Waals surface area contributed by atoms with Gasteiger partial charge in [0.25, 0.3) is 5.91 Å². The molecule has 1 aliphatic rings. The molecule has 0 saturated heterocycles. The van der Waals surface area contributed by atoms with Gasteiger partial charge < -0.3 is 14.8 Å². The number of nitrogens with one attached hydrogen (secondary N) is 1. The minimum Gasteiger partial charge on any atom is -0.487 e. The summed E-state index contributed by atoms with van der Waals surface area (Å²) in [5, 5.41) is 3.38. The molecule has 1 heterocycles. The number of carbonyl (C=O) groups excluding carboxylic acids is 2. The molecule has 0 atom stereocenters. The zero-order valence-corrected chi connectivity index (χ0v) is 15.6. The van der Waals surface area contributed by atoms with Gasteiger partial charge in [0.15, 0.2) is 12.4 Å². The highest BCUT2D eigenvalue weighted by Gasteiger charge is 2.32. The topological polar surface area (TPSA) is 64.6 Å². The fourth-order valence-corrected chi connectivity index (χ4v) is 2.90. The quantitative estimate of drug-likeness (QED) is 0.862. The summed E-state index contributed by atoms with van der Waals surface area (Å²) in [5.41, 5.74) is 1.37. The fraction of sp³-hybridized carbons (Fsp3) is 0.300. The lowest BCUT2D eigenvalue weighted by molar-refractivity contribution is -0.118. The average Bonchev–Trinajstić information content (AvgIpc) is 2.56. The third kappa shape index (κ3) is 4.17. The zero-order chi connectivity index (χ0) is 18.9. The number of amides is 1. The van der Waals surface area contributed by atoms with Crippen molar-refractivity contribution in [1.29, 1.82) is 0 Å². The third-order valence-corrected chi connectivity index (χ3v) is 4.46. The molecule has 2 aromatic rings. The number of Topliss-reactive ketones (excluding diaryl/α,β-unsaturated/α-hetero) is 1. The number of benzene rings is 2. The Hall–Kier alpha value is -2.53. The Morgan fingerprint density at radius 3 is 2.77 bits per heavy atom. The number of hydrogen-bond donors (Lipinski definition) is 1. The first-order valence-corrected chi connectivity index (χ1v) is 8.66. The summed E-state index contributed by atoms with van der Waals surface area (Å²) in [5.74, 6) is 0.790. The number of aryl methyl sites for hydroxylation is 1. The third-order valence-electron chi connectivity index (χ3n) is 4.04. The van der Waals surface area contributed by atoms with Gasteiger partial charge in [-0.1, -0.05) is 11.6 Å². The molecule has 0 bridgehead atoms. The SMILES string of the molecule is Cc1cc(OCC(=O)Nc2ccc3c(c2)C(=O)CC(C)(C)O3)ccc1Cl. The average molecular weight is 374 g/mol. The Morgan fingerprint density at radius 2 is 2.04 bits per heavy atom. The van der Waals surface area contributed by atoms with E-state index in [1.165, 1.54) is 0 Å². The second kappa shape index (κ2) is 7.00. The van der Waals surface area contributed by atoms with Crippen LogP contribution in [0.25, 0.3) is 0 Å². The van der Waals surface area contributed by atoms with Gasteiger partial charge in [-0.15, -0.1) is 0 Å². The molecule has 6 heteroatoms. The van der Waals surface area contributed by atoms with E-state index in [9.17, 15) is 9.59 Å². The number of fused-ring (bicyclic) bond motifs is 1. The first-order chi connectivity index (χ1) is 12.2. The number of ether oxygens (including phenoxy) is 2. The molecule has 1 amide bonds. The van der Waals surface area contributed by atoms with E-state index in [0.29, 0.717) is 34.2 Å². The van der Waals surface area contributed by atoms with Crippen LogP contribution in [0.2, 0.25) is 5.02 Å². The highest BCUT2D eigenvalue weighted by atomic mass is 35.5. The molecule has 1 N–H and O–H groups in total. The minimum atomic E-state index is -0.514. The molecule has 1 aliphatic heterocycles. The van der Waals surface area contributed by atoms with Crippen LogP contribution in [-0.2, 0) is 4.79 Å². The Labute approximate surface area is 157 Å². The van der Waals surface area contributed by atoms with Crippen LogP contribution in [0, 0.1) is 6.92 Å². The van der Waals surface area contributed by atoms with Crippen molar-refractivity contribution in [3.63, 3.8) is 0 Å². The number of carbonyl (C=O) groups is 2. The molecule has 0 saturated carbocycles. The van der Waals surface area contributed by atoms with Gasteiger partial charge in [0, 0.05) is 10.7 Å². The summed E-state index contributed by atoms with van der Waals surface area (Å²) in [6, 6.07) is 10.2. The minimum absolute atomic E-state index is 0.000221. The number of hydrogen-bond acceptors (Lipinski definition) is 4. The highest BCUT2D eigenvalue weighted by Crippen LogP contribution is 2.34. The monoisotopic (exact) mass is 373 g/mol. The summed E-state index contributed by atoms with van der Waals surface area (Å²) >= 11 is 5.97. The van der Waals surface area contributed by atoms with Gasteiger partial charge in [0.2, 0.25) is 0 Å². The smallest absolute Gasteiger partial charge is 0.262 e. The number of anilines is 1. The van der Waals surface area contributed by atoms with E-state index in [2.05, 4.69) is 5.32 Å². The largest absolute Gasteiger partial charge is 0.487 e. The molecule has 5 nitrogen and oxygen atoms in total. The first kappa shape index (κ1) is 18.3. The van der Waals surface area contributed by atoms with Gasteiger partial charge >= 0.3 is 0 Å². The second-order valence-corrected chi connectivity index (χ2v) is 7.33. The van der Waals surface area contributed by atoms with E-state index in [-0.39, 0.29) is 18.3 Å². The van der Waals surface area contributed by atoms with Gasteiger partial charge in [-0.25, -0.2) is 0 Å². The molecule has 0 spiro atoms. The lowest BCUT2D eigenvalue weighted by atomic mass is 9.93. The lowest BCUT2D eigenvalue weighted by Crippen LogP contribution is -2.35. The molecule has 26 heavy (non-hydrogen) atoms. The summed E-state index contributed by atoms with van der Waals surface area (Å²) < 4.78 is 11.3. The van der Waals surface area contributed by atoms with Gasteiger partial charge in [0.05, 0.1) is 12.0 Å². The molecule has 2 aromatic carbocycles. The first-order valence-electron chi connectivity index (χ1n) is 8.29. The normalized spacial score (nSPS) is 15.0. The van der Waals surface area contributed by atoms with Crippen LogP contribution in [0.4, 0.5) is 5.69 Å². The maximum Gasteiger partial charge on any atom is 0.262 e. The van der Waals surface area contributed by atoms with E-state index in [4.69, 9.17) is 21.1 Å². The standard InChI is InChI=1S/C20H20ClNO4/c1-12-8-14(5-6-16(12)21)25-11-19(24)22-13-4-7-18-15(9-13)17(23)10-20(2,3)26-18/h4-9H,10-11H2,1-3H3,(H,22,24). The van der Waals surface area contributed by atoms with Crippen molar-refractivity contribution >= 4 is 29.0 Å². The lowest BCUT2D eigenvalue weighted by Gasteiger charge is -2.31. The van der Waals surface area contributed by atoms with Crippen molar-refractivity contribution in [2.24, 2.45) is 0 Å².